The zero-order valence-electron chi connectivity index (χ0n) is 19.4. The minimum Gasteiger partial charge on any atom is -0.384 e. The van der Waals surface area contributed by atoms with E-state index in [2.05, 4.69) is 17.0 Å². The number of nitrogens with zero attached hydrogens (tertiary/aromatic N) is 5. The molecule has 1 atom stereocenters. The summed E-state index contributed by atoms with van der Waals surface area (Å²) in [6.45, 7) is 1.91. The molecule has 1 aliphatic carbocycles. The van der Waals surface area contributed by atoms with E-state index >= 15 is 0 Å². The number of ketones is 1. The summed E-state index contributed by atoms with van der Waals surface area (Å²) in [5.41, 5.74) is 10.0. The van der Waals surface area contributed by atoms with Gasteiger partial charge >= 0.3 is 0 Å². The van der Waals surface area contributed by atoms with Crippen LogP contribution in [-0.2, 0) is 4.79 Å². The molecule has 5 aliphatic rings. The van der Waals surface area contributed by atoms with Crippen molar-refractivity contribution in [3.8, 4) is 12.1 Å². The summed E-state index contributed by atoms with van der Waals surface area (Å²) in [5, 5.41) is 33.7. The molecule has 0 spiro atoms. The Morgan fingerprint density at radius 3 is 2.61 bits per heavy atom. The van der Waals surface area contributed by atoms with Crippen LogP contribution in [-0.4, -0.2) is 23.8 Å². The quantitative estimate of drug-likeness (QED) is 0.481. The maximum Gasteiger partial charge on any atom is 0.269 e. The lowest BCUT2D eigenvalue weighted by atomic mass is 9.75. The molecule has 2 aromatic rings. The van der Waals surface area contributed by atoms with Gasteiger partial charge in [-0.3, -0.25) is 19.8 Å². The summed E-state index contributed by atoms with van der Waals surface area (Å²) < 4.78 is 0. The molecule has 0 amide bonds. The Kier molecular flexibility index (Phi) is 5.09. The number of thiophene rings is 1. The molecule has 1 saturated heterocycles. The van der Waals surface area contributed by atoms with E-state index in [-0.39, 0.29) is 22.9 Å². The number of nitriles is 2. The molecule has 1 aromatic carbocycles. The monoisotopic (exact) mass is 498 g/mol. The number of Topliss-reactive ketones (excluding diaryl/α,β-unsaturated/α-hetero) is 1. The number of rotatable bonds is 3. The number of nitrogens with two attached hydrogens (primary N) is 1. The van der Waals surface area contributed by atoms with Crippen molar-refractivity contribution in [2.75, 3.05) is 22.9 Å². The molecule has 7 rings (SSSR count). The summed E-state index contributed by atoms with van der Waals surface area (Å²) >= 11 is 1.50. The van der Waals surface area contributed by atoms with Crippen molar-refractivity contribution >= 4 is 32.8 Å². The van der Waals surface area contributed by atoms with Gasteiger partial charge < -0.3 is 10.6 Å². The summed E-state index contributed by atoms with van der Waals surface area (Å²) in [4.78, 5) is 28.4. The number of non-ortho nitro benzene ring substituents is 1. The second-order valence-corrected chi connectivity index (χ2v) is 10.5. The molecule has 1 aromatic heterocycles. The average molecular weight is 499 g/mol. The van der Waals surface area contributed by atoms with E-state index in [1.807, 2.05) is 0 Å². The van der Waals surface area contributed by atoms with Gasteiger partial charge in [-0.25, -0.2) is 0 Å². The number of hydrogen-bond donors (Lipinski definition) is 1. The average Bonchev–Trinajstić information content (AvgIpc) is 3.30. The molecule has 1 fully saturated rings. The van der Waals surface area contributed by atoms with E-state index in [9.17, 15) is 25.4 Å². The van der Waals surface area contributed by atoms with Crippen LogP contribution < -0.4 is 15.5 Å². The van der Waals surface area contributed by atoms with Gasteiger partial charge in [0.2, 0.25) is 0 Å². The van der Waals surface area contributed by atoms with E-state index in [0.717, 1.165) is 36.5 Å². The molecule has 1 unspecified atom stereocenters. The molecule has 9 nitrogen and oxygen atoms in total. The van der Waals surface area contributed by atoms with Crippen LogP contribution in [0.15, 0.2) is 46.9 Å². The van der Waals surface area contributed by atoms with Crippen LogP contribution in [0, 0.1) is 32.8 Å². The Hall–Kier alpha value is -4.15. The Bertz CT molecular complexity index is 1480. The van der Waals surface area contributed by atoms with Crippen LogP contribution in [0.4, 0.5) is 15.7 Å². The first kappa shape index (κ1) is 22.3. The van der Waals surface area contributed by atoms with Gasteiger partial charge in [-0.05, 0) is 37.2 Å². The number of carbonyl (C=O) groups is 1. The fraction of sp³-hybridized carbons (Fsp3) is 0.346. The molecule has 180 valence electrons. The minimum absolute atomic E-state index is 0.0957. The number of nitro groups is 1. The van der Waals surface area contributed by atoms with Crippen molar-refractivity contribution < 1.29 is 9.72 Å². The summed E-state index contributed by atoms with van der Waals surface area (Å²) in [6.07, 6.45) is 3.54. The number of fused-ring (bicyclic) bond motifs is 2. The van der Waals surface area contributed by atoms with Crippen molar-refractivity contribution in [1.82, 2.24) is 0 Å². The number of benzene rings is 1. The van der Waals surface area contributed by atoms with Crippen LogP contribution in [0.2, 0.25) is 0 Å². The number of piperidine rings is 1. The number of allylic oxidation sites excluding steroid dienone is 3. The highest BCUT2D eigenvalue weighted by Crippen LogP contribution is 2.55. The van der Waals surface area contributed by atoms with Crippen molar-refractivity contribution in [2.24, 2.45) is 5.73 Å². The molecule has 2 N–H and O–H groups in total. The molecule has 36 heavy (non-hydrogen) atoms. The fourth-order valence-electron chi connectivity index (χ4n) is 6.14. The standard InChI is InChI=1S/C26H22N6O3S/c27-12-17-21(15-3-1-4-16(11-15)32(34)35)23-19(5-2-6-20(23)33)31(24(17)29)25-18(13-28)22-14-7-9-30(10-8-14)26(22)36-25/h1,3-4,11,14,21H,2,5-10,29H2. The van der Waals surface area contributed by atoms with Gasteiger partial charge in [0.15, 0.2) is 5.78 Å². The van der Waals surface area contributed by atoms with Crippen molar-refractivity contribution in [2.45, 2.75) is 43.9 Å². The van der Waals surface area contributed by atoms with Gasteiger partial charge in [-0.2, -0.15) is 10.5 Å². The fourth-order valence-corrected chi connectivity index (χ4v) is 7.57. The normalized spacial score (nSPS) is 21.3. The van der Waals surface area contributed by atoms with Crippen molar-refractivity contribution in [3.63, 3.8) is 0 Å². The first-order valence-corrected chi connectivity index (χ1v) is 12.8. The van der Waals surface area contributed by atoms with Gasteiger partial charge in [-0.1, -0.05) is 23.5 Å². The number of nitro benzene ring substituents is 1. The van der Waals surface area contributed by atoms with E-state index in [1.165, 1.54) is 23.5 Å². The predicted molar refractivity (Wildman–Crippen MR) is 134 cm³/mol. The molecular weight excluding hydrogens is 476 g/mol. The molecule has 4 aliphatic heterocycles. The molecular formula is C26H22N6O3S. The topological polar surface area (TPSA) is 140 Å². The maximum atomic E-state index is 13.4. The highest BCUT2D eigenvalue weighted by atomic mass is 32.1. The van der Waals surface area contributed by atoms with Gasteiger partial charge in [0, 0.05) is 48.5 Å². The molecule has 0 saturated carbocycles. The van der Waals surface area contributed by atoms with Crippen molar-refractivity contribution in [1.29, 1.82) is 10.5 Å². The highest BCUT2D eigenvalue weighted by molar-refractivity contribution is 7.20. The number of anilines is 2. The molecule has 10 heteroatoms. The summed E-state index contributed by atoms with van der Waals surface area (Å²) in [6, 6.07) is 10.7. The predicted octanol–water partition coefficient (Wildman–Crippen LogP) is 4.53. The Balaban J connectivity index is 1.59. The first-order chi connectivity index (χ1) is 17.4. The smallest absolute Gasteiger partial charge is 0.269 e. The molecule has 2 bridgehead atoms. The van der Waals surface area contributed by atoms with Gasteiger partial charge in [0.05, 0.1) is 33.0 Å². The van der Waals surface area contributed by atoms with Crippen LogP contribution in [0.5, 0.6) is 0 Å². The first-order valence-electron chi connectivity index (χ1n) is 12.0. The third kappa shape index (κ3) is 3.08. The van der Waals surface area contributed by atoms with Gasteiger partial charge in [0.25, 0.3) is 5.69 Å². The van der Waals surface area contributed by atoms with Crippen LogP contribution in [0.3, 0.4) is 0 Å². The second-order valence-electron chi connectivity index (χ2n) is 9.54. The zero-order chi connectivity index (χ0) is 25.1. The SMILES string of the molecule is N#CC1=C(N)N(c2sc3c(c2C#N)C2CCN3CC2)C2=C(C(=O)CCC2)C1c1cccc([N+](=O)[O-])c1. The Morgan fingerprint density at radius 2 is 1.92 bits per heavy atom. The number of hydrogen-bond acceptors (Lipinski definition) is 9. The largest absolute Gasteiger partial charge is 0.384 e. The lowest BCUT2D eigenvalue weighted by Crippen LogP contribution is -2.38. The maximum absolute atomic E-state index is 13.4. The number of carbonyl (C=O) groups excluding carboxylic acids is 1. The van der Waals surface area contributed by atoms with Crippen molar-refractivity contribution in [3.05, 3.63) is 73.7 Å². The Labute approximate surface area is 211 Å². The van der Waals surface area contributed by atoms with E-state index < -0.39 is 10.8 Å². The van der Waals surface area contributed by atoms with E-state index in [4.69, 9.17) is 5.73 Å². The molecule has 0 radical (unpaired) electrons. The third-order valence-electron chi connectivity index (χ3n) is 7.74. The van der Waals surface area contributed by atoms with Crippen LogP contribution >= 0.6 is 11.3 Å². The van der Waals surface area contributed by atoms with Gasteiger partial charge in [0.1, 0.15) is 16.9 Å². The van der Waals surface area contributed by atoms with E-state index in [0.29, 0.717) is 52.6 Å². The van der Waals surface area contributed by atoms with Crippen LogP contribution in [0.1, 0.15) is 60.6 Å². The van der Waals surface area contributed by atoms with E-state index in [1.54, 1.807) is 17.0 Å². The lowest BCUT2D eigenvalue weighted by molar-refractivity contribution is -0.384. The van der Waals surface area contributed by atoms with Crippen LogP contribution in [0.25, 0.3) is 0 Å². The molecule has 5 heterocycles. The van der Waals surface area contributed by atoms with Gasteiger partial charge in [-0.15, -0.1) is 0 Å². The summed E-state index contributed by atoms with van der Waals surface area (Å²) in [7, 11) is 0. The minimum atomic E-state index is -0.783. The second kappa shape index (κ2) is 8.21. The lowest BCUT2D eigenvalue weighted by Gasteiger charge is -2.39. The third-order valence-corrected chi connectivity index (χ3v) is 8.99. The Morgan fingerprint density at radius 1 is 1.14 bits per heavy atom. The highest BCUT2D eigenvalue weighted by Gasteiger charge is 2.44. The zero-order valence-corrected chi connectivity index (χ0v) is 20.2. The summed E-state index contributed by atoms with van der Waals surface area (Å²) in [5.74, 6) is -0.371.